The van der Waals surface area contributed by atoms with Crippen molar-refractivity contribution in [1.82, 2.24) is 4.57 Å². The molecule has 0 radical (unpaired) electrons. The highest BCUT2D eigenvalue weighted by Gasteiger charge is 2.28. The van der Waals surface area contributed by atoms with Crippen LogP contribution in [0, 0.1) is 5.92 Å². The summed E-state index contributed by atoms with van der Waals surface area (Å²) in [6.45, 7) is 4.32. The molecule has 1 aromatic heterocycles. The minimum absolute atomic E-state index is 0.269. The third-order valence-corrected chi connectivity index (χ3v) is 7.37. The summed E-state index contributed by atoms with van der Waals surface area (Å²) in [5, 5.41) is 11.4. The van der Waals surface area contributed by atoms with Crippen LogP contribution in [0.15, 0.2) is 64.6 Å². The molecule has 1 aliphatic heterocycles. The maximum Gasteiger partial charge on any atom is 0.211 e. The van der Waals surface area contributed by atoms with Gasteiger partial charge >= 0.3 is 0 Å². The number of hydrogen-bond donors (Lipinski definition) is 1. The van der Waals surface area contributed by atoms with Crippen LogP contribution in [0.2, 0.25) is 0 Å². The SMILES string of the molecule is CC1=Nc2ccccc2C1=Cc1sc(=Nc2ccccc2)n([C@H]2CCCC[C@@H]2C)c1O. The third-order valence-electron chi connectivity index (χ3n) is 6.38. The average molecular weight is 430 g/mol. The Morgan fingerprint density at radius 3 is 2.61 bits per heavy atom. The molecule has 1 fully saturated rings. The highest BCUT2D eigenvalue weighted by molar-refractivity contribution is 7.10. The molecule has 158 valence electrons. The van der Waals surface area contributed by atoms with Crippen LogP contribution >= 0.6 is 11.3 Å². The summed E-state index contributed by atoms with van der Waals surface area (Å²) in [5.41, 5.74) is 5.07. The van der Waals surface area contributed by atoms with Crippen LogP contribution in [-0.2, 0) is 0 Å². The molecule has 0 bridgehead atoms. The fraction of sp³-hybridized carbons (Fsp3) is 0.308. The lowest BCUT2D eigenvalue weighted by Crippen LogP contribution is -2.27. The third kappa shape index (κ3) is 3.79. The van der Waals surface area contributed by atoms with Crippen molar-refractivity contribution in [2.75, 3.05) is 0 Å². The summed E-state index contributed by atoms with van der Waals surface area (Å²) in [6.07, 6.45) is 6.80. The molecule has 0 amide bonds. The molecule has 1 N–H and O–H groups in total. The molecule has 1 saturated carbocycles. The van der Waals surface area contributed by atoms with E-state index in [9.17, 15) is 5.11 Å². The molecule has 2 atom stereocenters. The average Bonchev–Trinajstić information content (AvgIpc) is 3.26. The van der Waals surface area contributed by atoms with E-state index < -0.39 is 0 Å². The second-order valence-corrected chi connectivity index (χ2v) is 9.50. The van der Waals surface area contributed by atoms with Crippen molar-refractivity contribution in [2.24, 2.45) is 15.9 Å². The van der Waals surface area contributed by atoms with Crippen molar-refractivity contribution in [3.63, 3.8) is 0 Å². The standard InChI is InChI=1S/C26H27N3OS/c1-17-10-6-9-15-23(17)29-25(30)24(31-26(29)28-19-11-4-3-5-12-19)16-21-18(2)27-22-14-8-7-13-20(21)22/h3-5,7-8,11-14,16-17,23,30H,6,9-10,15H2,1-2H3/t17-,23-/m0/s1. The smallest absolute Gasteiger partial charge is 0.211 e. The van der Waals surface area contributed by atoms with E-state index in [1.54, 1.807) is 11.3 Å². The number of aliphatic imine (C=N–C) groups is 1. The number of rotatable bonds is 3. The number of benzene rings is 2. The van der Waals surface area contributed by atoms with E-state index in [4.69, 9.17) is 9.98 Å². The first kappa shape index (κ1) is 20.0. The van der Waals surface area contributed by atoms with Gasteiger partial charge in [0.1, 0.15) is 0 Å². The van der Waals surface area contributed by atoms with Crippen LogP contribution < -0.4 is 4.80 Å². The van der Waals surface area contributed by atoms with Crippen molar-refractivity contribution in [2.45, 2.75) is 45.6 Å². The van der Waals surface area contributed by atoms with E-state index >= 15 is 0 Å². The number of thiazole rings is 1. The van der Waals surface area contributed by atoms with Crippen molar-refractivity contribution in [3.05, 3.63) is 69.8 Å². The van der Waals surface area contributed by atoms with Crippen molar-refractivity contribution < 1.29 is 5.11 Å². The molecule has 4 nitrogen and oxygen atoms in total. The number of para-hydroxylation sites is 2. The van der Waals surface area contributed by atoms with Gasteiger partial charge in [0.25, 0.3) is 0 Å². The fourth-order valence-electron chi connectivity index (χ4n) is 4.71. The zero-order chi connectivity index (χ0) is 21.4. The molecule has 3 aromatic rings. The number of aromatic nitrogens is 1. The van der Waals surface area contributed by atoms with Crippen LogP contribution in [0.1, 0.15) is 56.0 Å². The molecule has 31 heavy (non-hydrogen) atoms. The second-order valence-electron chi connectivity index (χ2n) is 8.49. The largest absolute Gasteiger partial charge is 0.493 e. The summed E-state index contributed by atoms with van der Waals surface area (Å²) >= 11 is 1.56. The van der Waals surface area contributed by atoms with E-state index in [1.807, 2.05) is 55.5 Å². The Morgan fingerprint density at radius 2 is 1.81 bits per heavy atom. The quantitative estimate of drug-likeness (QED) is 0.484. The molecule has 0 saturated heterocycles. The van der Waals surface area contributed by atoms with Crippen LogP contribution in [0.3, 0.4) is 0 Å². The maximum absolute atomic E-state index is 11.4. The fourth-order valence-corrected chi connectivity index (χ4v) is 5.75. The van der Waals surface area contributed by atoms with Gasteiger partial charge in [0.2, 0.25) is 5.88 Å². The van der Waals surface area contributed by atoms with E-state index in [0.717, 1.165) is 44.3 Å². The topological polar surface area (TPSA) is 49.9 Å². The summed E-state index contributed by atoms with van der Waals surface area (Å²) < 4.78 is 2.08. The van der Waals surface area contributed by atoms with Gasteiger partial charge in [0.05, 0.1) is 16.3 Å². The Balaban J connectivity index is 1.67. The lowest BCUT2D eigenvalue weighted by Gasteiger charge is -2.30. The van der Waals surface area contributed by atoms with Gasteiger partial charge in [-0.15, -0.1) is 0 Å². The predicted octanol–water partition coefficient (Wildman–Crippen LogP) is 6.89. The highest BCUT2D eigenvalue weighted by atomic mass is 32.1. The van der Waals surface area contributed by atoms with Crippen molar-refractivity contribution in [1.29, 1.82) is 0 Å². The number of nitrogens with zero attached hydrogens (tertiary/aromatic N) is 3. The summed E-state index contributed by atoms with van der Waals surface area (Å²) in [4.78, 5) is 11.3. The van der Waals surface area contributed by atoms with E-state index in [2.05, 4.69) is 23.6 Å². The van der Waals surface area contributed by atoms with Gasteiger partial charge in [0, 0.05) is 22.9 Å². The van der Waals surface area contributed by atoms with Gasteiger partial charge < -0.3 is 5.11 Å². The maximum atomic E-state index is 11.4. The number of aromatic hydroxyl groups is 1. The Labute approximate surface area is 187 Å². The molecular weight excluding hydrogens is 402 g/mol. The van der Waals surface area contributed by atoms with E-state index in [0.29, 0.717) is 11.8 Å². The summed E-state index contributed by atoms with van der Waals surface area (Å²) in [6, 6.07) is 18.5. The summed E-state index contributed by atoms with van der Waals surface area (Å²) in [7, 11) is 0. The number of fused-ring (bicyclic) bond motifs is 1. The van der Waals surface area contributed by atoms with E-state index in [-0.39, 0.29) is 6.04 Å². The first-order chi connectivity index (χ1) is 15.1. The van der Waals surface area contributed by atoms with Gasteiger partial charge in [-0.05, 0) is 50.0 Å². The Morgan fingerprint density at radius 1 is 1.06 bits per heavy atom. The number of hydrogen-bond acceptors (Lipinski definition) is 4. The molecule has 5 rings (SSSR count). The van der Waals surface area contributed by atoms with Gasteiger partial charge in [-0.25, -0.2) is 4.99 Å². The zero-order valence-corrected chi connectivity index (χ0v) is 18.8. The van der Waals surface area contributed by atoms with Crippen LogP contribution in [0.4, 0.5) is 11.4 Å². The zero-order valence-electron chi connectivity index (χ0n) is 18.0. The normalized spacial score (nSPS) is 22.6. The van der Waals surface area contributed by atoms with Crippen LogP contribution in [-0.4, -0.2) is 15.4 Å². The first-order valence-corrected chi connectivity index (χ1v) is 11.8. The Hall–Kier alpha value is -2.92. The monoisotopic (exact) mass is 429 g/mol. The van der Waals surface area contributed by atoms with Crippen molar-refractivity contribution >= 4 is 40.1 Å². The highest BCUT2D eigenvalue weighted by Crippen LogP contribution is 2.40. The lowest BCUT2D eigenvalue weighted by atomic mass is 9.86. The summed E-state index contributed by atoms with van der Waals surface area (Å²) in [5.74, 6) is 0.836. The van der Waals surface area contributed by atoms with Crippen LogP contribution in [0.5, 0.6) is 5.88 Å². The Kier molecular flexibility index (Phi) is 5.36. The van der Waals surface area contributed by atoms with Gasteiger partial charge in [-0.3, -0.25) is 9.56 Å². The molecule has 2 heterocycles. The number of allylic oxidation sites excluding steroid dienone is 1. The minimum Gasteiger partial charge on any atom is -0.493 e. The van der Waals surface area contributed by atoms with Gasteiger partial charge in [0.15, 0.2) is 4.80 Å². The van der Waals surface area contributed by atoms with Gasteiger partial charge in [-0.2, -0.15) is 0 Å². The first-order valence-electron chi connectivity index (χ1n) is 11.0. The molecule has 0 unspecified atom stereocenters. The van der Waals surface area contributed by atoms with Gasteiger partial charge in [-0.1, -0.05) is 67.5 Å². The molecule has 5 heteroatoms. The molecular formula is C26H27N3OS. The van der Waals surface area contributed by atoms with Crippen molar-refractivity contribution in [3.8, 4) is 5.88 Å². The van der Waals surface area contributed by atoms with E-state index in [1.165, 1.54) is 19.3 Å². The molecule has 2 aliphatic rings. The predicted molar refractivity (Wildman–Crippen MR) is 129 cm³/mol. The molecule has 0 spiro atoms. The molecule has 2 aromatic carbocycles. The second kappa shape index (κ2) is 8.31. The lowest BCUT2D eigenvalue weighted by molar-refractivity contribution is 0.234. The Bertz CT molecular complexity index is 1230. The molecule has 1 aliphatic carbocycles. The van der Waals surface area contributed by atoms with Crippen LogP contribution in [0.25, 0.3) is 11.6 Å². The minimum atomic E-state index is 0.269.